The maximum atomic E-state index is 10.0. The van der Waals surface area contributed by atoms with Gasteiger partial charge in [0.2, 0.25) is 5.71 Å². The zero-order valence-electron chi connectivity index (χ0n) is 27.3. The van der Waals surface area contributed by atoms with Gasteiger partial charge in [-0.3, -0.25) is 4.79 Å². The van der Waals surface area contributed by atoms with Crippen molar-refractivity contribution in [2.45, 2.75) is 73.1 Å². The standard InChI is InChI=1S/C33H31N2OS.C5H8O2.Ir/c1-19-11-12-25-24-9-8-10-26(30(24)36-31(25)35-19)27-17-29-21(18-34-27)15-28(37-29)20-13-22(32(2,3)4)16-23(14-20)33(5,6)7;1-4(6)3-5(2)7;/h8-9,11-18H,1-7H3;3,6H,1-2H3;/q-1;;/b;4-3-;. The van der Waals surface area contributed by atoms with E-state index in [1.165, 1.54) is 46.2 Å². The molecule has 0 fully saturated rings. The Balaban J connectivity index is 0.000000519. The number of carbonyl (C=O) groups excluding carboxylic acids is 1. The van der Waals surface area contributed by atoms with Gasteiger partial charge >= 0.3 is 0 Å². The van der Waals surface area contributed by atoms with Gasteiger partial charge in [0, 0.05) is 58.4 Å². The minimum atomic E-state index is -0.125. The third-order valence-electron chi connectivity index (χ3n) is 7.46. The second-order valence-electron chi connectivity index (χ2n) is 13.4. The molecule has 6 rings (SSSR count). The molecular weight excluding hydrogens is 757 g/mol. The molecule has 0 aliphatic carbocycles. The third-order valence-corrected chi connectivity index (χ3v) is 8.60. The predicted octanol–water partition coefficient (Wildman–Crippen LogP) is 10.7. The van der Waals surface area contributed by atoms with Crippen LogP contribution in [0.15, 0.2) is 77.0 Å². The Kier molecular flexibility index (Phi) is 9.89. The van der Waals surface area contributed by atoms with Crippen LogP contribution >= 0.6 is 11.3 Å². The number of aliphatic hydroxyl groups is 1. The van der Waals surface area contributed by atoms with Crippen molar-refractivity contribution in [1.29, 1.82) is 0 Å². The first-order chi connectivity index (χ1) is 20.6. The molecule has 0 unspecified atom stereocenters. The number of furan rings is 1. The van der Waals surface area contributed by atoms with E-state index in [0.717, 1.165) is 38.7 Å². The summed E-state index contributed by atoms with van der Waals surface area (Å²) in [5, 5.41) is 11.6. The van der Waals surface area contributed by atoms with E-state index in [0.29, 0.717) is 5.71 Å². The second-order valence-corrected chi connectivity index (χ2v) is 14.5. The number of nitrogens with zero attached hydrogens (tertiary/aromatic N) is 2. The molecule has 0 saturated carbocycles. The van der Waals surface area contributed by atoms with Crippen LogP contribution < -0.4 is 0 Å². The van der Waals surface area contributed by atoms with Gasteiger partial charge in [0.25, 0.3) is 0 Å². The molecule has 1 radical (unpaired) electrons. The summed E-state index contributed by atoms with van der Waals surface area (Å²) < 4.78 is 7.42. The molecule has 0 bridgehead atoms. The summed E-state index contributed by atoms with van der Waals surface area (Å²) >= 11 is 1.81. The Morgan fingerprint density at radius 2 is 1.60 bits per heavy atom. The molecule has 6 aromatic rings. The number of hydrogen-bond donors (Lipinski definition) is 1. The molecule has 235 valence electrons. The van der Waals surface area contributed by atoms with E-state index < -0.39 is 0 Å². The fraction of sp³-hybridized carbons (Fsp3) is 0.289. The van der Waals surface area contributed by atoms with Crippen molar-refractivity contribution >= 4 is 49.3 Å². The van der Waals surface area contributed by atoms with Crippen LogP contribution in [-0.2, 0) is 35.7 Å². The summed E-state index contributed by atoms with van der Waals surface area (Å²) in [4.78, 5) is 20.7. The van der Waals surface area contributed by atoms with E-state index in [1.807, 2.05) is 42.7 Å². The molecule has 0 aliphatic heterocycles. The number of pyridine rings is 2. The number of thiophene rings is 1. The first kappa shape index (κ1) is 34.2. The number of aryl methyl sites for hydroxylation is 1. The molecule has 0 saturated heterocycles. The van der Waals surface area contributed by atoms with Crippen molar-refractivity contribution in [2.75, 3.05) is 0 Å². The summed E-state index contributed by atoms with van der Waals surface area (Å²) in [6, 6.07) is 23.0. The summed E-state index contributed by atoms with van der Waals surface area (Å²) in [6.07, 6.45) is 3.14. The topological polar surface area (TPSA) is 76.2 Å². The Hall–Kier alpha value is -3.64. The van der Waals surface area contributed by atoms with E-state index in [2.05, 4.69) is 89.0 Å². The van der Waals surface area contributed by atoms with Gasteiger partial charge in [-0.25, -0.2) is 4.98 Å². The van der Waals surface area contributed by atoms with Crippen LogP contribution in [0, 0.1) is 13.0 Å². The van der Waals surface area contributed by atoms with Gasteiger partial charge in [-0.15, -0.1) is 29.5 Å². The number of aliphatic hydroxyl groups excluding tert-OH is 1. The Bertz CT molecular complexity index is 2020. The first-order valence-corrected chi connectivity index (χ1v) is 15.6. The van der Waals surface area contributed by atoms with Crippen molar-refractivity contribution < 1.29 is 34.4 Å². The Morgan fingerprint density at radius 1 is 0.933 bits per heavy atom. The van der Waals surface area contributed by atoms with Crippen LogP contribution in [0.2, 0.25) is 0 Å². The van der Waals surface area contributed by atoms with Crippen LogP contribution in [0.3, 0.4) is 0 Å². The van der Waals surface area contributed by atoms with Crippen LogP contribution in [0.1, 0.15) is 72.2 Å². The fourth-order valence-electron chi connectivity index (χ4n) is 5.05. The molecule has 1 N–H and O–H groups in total. The SMILES string of the molecule is CC(=O)/C=C(/C)O.Cc1ccc2c(n1)oc1c(-c3cc4sc(-c5cc(C(C)(C)C)cc(C(C)(C)C)c5)cc4cn3)[c-]ccc12.[Ir]. The van der Waals surface area contributed by atoms with E-state index in [-0.39, 0.29) is 42.5 Å². The minimum Gasteiger partial charge on any atom is -0.512 e. The average molecular weight is 796 g/mol. The number of benzene rings is 2. The van der Waals surface area contributed by atoms with Gasteiger partial charge in [-0.1, -0.05) is 64.6 Å². The monoisotopic (exact) mass is 796 g/mol. The molecule has 0 atom stereocenters. The predicted molar refractivity (Wildman–Crippen MR) is 184 cm³/mol. The normalized spacial score (nSPS) is 12.2. The van der Waals surface area contributed by atoms with Crippen LogP contribution in [0.5, 0.6) is 0 Å². The maximum Gasteiger partial charge on any atom is 0.216 e. The van der Waals surface area contributed by atoms with Crippen molar-refractivity contribution in [2.24, 2.45) is 0 Å². The molecule has 7 heteroatoms. The molecule has 4 aromatic heterocycles. The number of carbonyl (C=O) groups is 1. The molecule has 0 amide bonds. The Morgan fingerprint density at radius 3 is 2.18 bits per heavy atom. The van der Waals surface area contributed by atoms with Gasteiger partial charge in [0.05, 0.1) is 11.3 Å². The summed E-state index contributed by atoms with van der Waals surface area (Å²) in [6.45, 7) is 18.5. The summed E-state index contributed by atoms with van der Waals surface area (Å²) in [5.74, 6) is -0.0625. The van der Waals surface area contributed by atoms with Crippen molar-refractivity contribution in [3.8, 4) is 21.7 Å². The number of fused-ring (bicyclic) bond motifs is 4. The number of rotatable bonds is 3. The number of ketones is 1. The quantitative estimate of drug-likeness (QED) is 0.110. The molecule has 4 heterocycles. The van der Waals surface area contributed by atoms with Gasteiger partial charge in [0.15, 0.2) is 5.78 Å². The largest absolute Gasteiger partial charge is 0.512 e. The zero-order valence-corrected chi connectivity index (χ0v) is 30.5. The van der Waals surface area contributed by atoms with Crippen molar-refractivity contribution in [1.82, 2.24) is 9.97 Å². The van der Waals surface area contributed by atoms with E-state index in [1.54, 1.807) is 0 Å². The van der Waals surface area contributed by atoms with Gasteiger partial charge in [0.1, 0.15) is 0 Å². The minimum absolute atomic E-state index is 0. The number of allylic oxidation sites excluding steroid dienone is 2. The van der Waals surface area contributed by atoms with E-state index in [4.69, 9.17) is 14.5 Å². The van der Waals surface area contributed by atoms with Crippen molar-refractivity contribution in [3.05, 3.63) is 95.5 Å². The van der Waals surface area contributed by atoms with Crippen LogP contribution in [-0.4, -0.2) is 20.9 Å². The van der Waals surface area contributed by atoms with Crippen molar-refractivity contribution in [3.63, 3.8) is 0 Å². The maximum absolute atomic E-state index is 10.0. The fourth-order valence-corrected chi connectivity index (χ4v) is 6.11. The molecule has 2 aromatic carbocycles. The number of hydrogen-bond acceptors (Lipinski definition) is 6. The average Bonchev–Trinajstić information content (AvgIpc) is 3.52. The van der Waals surface area contributed by atoms with Gasteiger partial charge in [-0.2, -0.15) is 0 Å². The summed E-state index contributed by atoms with van der Waals surface area (Å²) in [5.41, 5.74) is 8.26. The van der Waals surface area contributed by atoms with Gasteiger partial charge < -0.3 is 14.5 Å². The number of aromatic nitrogens is 2. The zero-order chi connectivity index (χ0) is 32.0. The van der Waals surface area contributed by atoms with Gasteiger partial charge in [-0.05, 0) is 84.3 Å². The smallest absolute Gasteiger partial charge is 0.216 e. The molecule has 0 spiro atoms. The van der Waals surface area contributed by atoms with Crippen LogP contribution in [0.25, 0.3) is 53.9 Å². The van der Waals surface area contributed by atoms with E-state index in [9.17, 15) is 4.79 Å². The van der Waals surface area contributed by atoms with E-state index >= 15 is 0 Å². The first-order valence-electron chi connectivity index (χ1n) is 14.7. The molecule has 5 nitrogen and oxygen atoms in total. The Labute approximate surface area is 282 Å². The molecule has 45 heavy (non-hydrogen) atoms. The summed E-state index contributed by atoms with van der Waals surface area (Å²) in [7, 11) is 0. The van der Waals surface area contributed by atoms with Crippen LogP contribution in [0.4, 0.5) is 0 Å². The second kappa shape index (κ2) is 13.0. The molecular formula is C38H39IrN2O3S-. The molecule has 0 aliphatic rings. The third kappa shape index (κ3) is 7.61.